The maximum absolute atomic E-state index is 12.2. The van der Waals surface area contributed by atoms with Crippen LogP contribution in [0.5, 0.6) is 0 Å². The molecule has 1 aromatic rings. The Balaban J connectivity index is 1.50. The number of amides is 2. The molecular weight excluding hydrogens is 264 g/mol. The number of piperidine rings is 1. The lowest BCUT2D eigenvalue weighted by Gasteiger charge is -2.36. The minimum Gasteiger partial charge on any atom is -0.323 e. The summed E-state index contributed by atoms with van der Waals surface area (Å²) in [5.41, 5.74) is 1.13. The van der Waals surface area contributed by atoms with Crippen molar-refractivity contribution < 1.29 is 4.79 Å². The van der Waals surface area contributed by atoms with E-state index in [9.17, 15) is 4.79 Å². The van der Waals surface area contributed by atoms with Crippen LogP contribution in [0.25, 0.3) is 0 Å². The molecule has 2 aliphatic rings. The fraction of sp³-hybridized carbons (Fsp3) is 0.625. The van der Waals surface area contributed by atoms with Gasteiger partial charge in [-0.2, -0.15) is 0 Å². The van der Waals surface area contributed by atoms with Crippen LogP contribution in [-0.2, 0) is 6.54 Å². The van der Waals surface area contributed by atoms with Crippen molar-refractivity contribution in [2.75, 3.05) is 32.7 Å². The summed E-state index contributed by atoms with van der Waals surface area (Å²) in [6, 6.07) is 6.73. The Hall–Kier alpha value is -1.62. The summed E-state index contributed by atoms with van der Waals surface area (Å²) >= 11 is 0. The quantitative estimate of drug-likeness (QED) is 0.848. The van der Waals surface area contributed by atoms with Gasteiger partial charge in [0, 0.05) is 51.5 Å². The van der Waals surface area contributed by atoms with Crippen LogP contribution in [0.4, 0.5) is 4.79 Å². The molecule has 5 nitrogen and oxygen atoms in total. The second kappa shape index (κ2) is 6.43. The first-order valence-electron chi connectivity index (χ1n) is 7.95. The van der Waals surface area contributed by atoms with Crippen molar-refractivity contribution in [3.63, 3.8) is 0 Å². The fourth-order valence-electron chi connectivity index (χ4n) is 3.34. The van der Waals surface area contributed by atoms with Crippen LogP contribution in [0, 0.1) is 0 Å². The van der Waals surface area contributed by atoms with Crippen molar-refractivity contribution in [3.8, 4) is 0 Å². The van der Waals surface area contributed by atoms with Gasteiger partial charge in [-0.3, -0.25) is 9.88 Å². The molecule has 0 aliphatic carbocycles. The third-order valence-electron chi connectivity index (χ3n) is 4.62. The molecule has 3 rings (SSSR count). The number of nitrogens with zero attached hydrogens (tertiary/aromatic N) is 4. The minimum atomic E-state index is 0.237. The van der Waals surface area contributed by atoms with Crippen molar-refractivity contribution in [2.24, 2.45) is 0 Å². The van der Waals surface area contributed by atoms with Gasteiger partial charge in [0.1, 0.15) is 0 Å². The van der Waals surface area contributed by atoms with Gasteiger partial charge in [-0.25, -0.2) is 4.79 Å². The average Bonchev–Trinajstić information content (AvgIpc) is 2.90. The van der Waals surface area contributed by atoms with Gasteiger partial charge in [-0.05, 0) is 31.9 Å². The summed E-state index contributed by atoms with van der Waals surface area (Å²) in [6.45, 7) is 7.70. The van der Waals surface area contributed by atoms with Gasteiger partial charge in [0.2, 0.25) is 0 Å². The predicted molar refractivity (Wildman–Crippen MR) is 81.9 cm³/mol. The Kier molecular flexibility index (Phi) is 4.39. The number of aromatic nitrogens is 1. The SMILES string of the molecule is CCN1CCN(C2CCN(Cc3ccccn3)CC2)C1=O. The summed E-state index contributed by atoms with van der Waals surface area (Å²) in [5.74, 6) is 0. The van der Waals surface area contributed by atoms with Gasteiger partial charge < -0.3 is 9.80 Å². The molecule has 2 saturated heterocycles. The molecule has 21 heavy (non-hydrogen) atoms. The van der Waals surface area contributed by atoms with E-state index in [1.807, 2.05) is 23.2 Å². The molecule has 0 saturated carbocycles. The lowest BCUT2D eigenvalue weighted by Crippen LogP contribution is -2.46. The number of hydrogen-bond acceptors (Lipinski definition) is 3. The van der Waals surface area contributed by atoms with Crippen molar-refractivity contribution in [3.05, 3.63) is 30.1 Å². The Labute approximate surface area is 126 Å². The van der Waals surface area contributed by atoms with E-state index in [4.69, 9.17) is 0 Å². The topological polar surface area (TPSA) is 39.7 Å². The minimum absolute atomic E-state index is 0.237. The highest BCUT2D eigenvalue weighted by Gasteiger charge is 2.34. The molecular formula is C16H24N4O. The number of rotatable bonds is 4. The smallest absolute Gasteiger partial charge is 0.320 e. The van der Waals surface area contributed by atoms with Gasteiger partial charge in [0.05, 0.1) is 5.69 Å². The van der Waals surface area contributed by atoms with Crippen molar-refractivity contribution in [1.82, 2.24) is 19.7 Å². The van der Waals surface area contributed by atoms with E-state index < -0.39 is 0 Å². The van der Waals surface area contributed by atoms with Crippen LogP contribution in [0.15, 0.2) is 24.4 Å². The second-order valence-corrected chi connectivity index (χ2v) is 5.88. The van der Waals surface area contributed by atoms with Crippen molar-refractivity contribution in [2.45, 2.75) is 32.4 Å². The zero-order valence-corrected chi connectivity index (χ0v) is 12.7. The average molecular weight is 288 g/mol. The van der Waals surface area contributed by atoms with E-state index in [-0.39, 0.29) is 6.03 Å². The highest BCUT2D eigenvalue weighted by molar-refractivity contribution is 5.76. The molecule has 0 N–H and O–H groups in total. The zero-order valence-electron chi connectivity index (χ0n) is 12.7. The first-order valence-corrected chi connectivity index (χ1v) is 7.95. The zero-order chi connectivity index (χ0) is 14.7. The highest BCUT2D eigenvalue weighted by atomic mass is 16.2. The van der Waals surface area contributed by atoms with E-state index in [1.165, 1.54) is 0 Å². The first-order chi connectivity index (χ1) is 10.3. The third-order valence-corrected chi connectivity index (χ3v) is 4.62. The molecule has 2 fully saturated rings. The van der Waals surface area contributed by atoms with Crippen LogP contribution in [0.2, 0.25) is 0 Å². The fourth-order valence-corrected chi connectivity index (χ4v) is 3.34. The Morgan fingerprint density at radius 3 is 2.62 bits per heavy atom. The van der Waals surface area contributed by atoms with Crippen molar-refractivity contribution in [1.29, 1.82) is 0 Å². The molecule has 3 heterocycles. The third kappa shape index (κ3) is 3.18. The van der Waals surface area contributed by atoms with Gasteiger partial charge >= 0.3 is 6.03 Å². The number of likely N-dealkylation sites (tertiary alicyclic amines) is 1. The molecule has 0 aromatic carbocycles. The second-order valence-electron chi connectivity index (χ2n) is 5.88. The number of hydrogen-bond donors (Lipinski definition) is 0. The summed E-state index contributed by atoms with van der Waals surface area (Å²) in [4.78, 5) is 23.1. The van der Waals surface area contributed by atoms with Crippen LogP contribution in [0.1, 0.15) is 25.5 Å². The number of pyridine rings is 1. The summed E-state index contributed by atoms with van der Waals surface area (Å²) < 4.78 is 0. The Morgan fingerprint density at radius 2 is 2.00 bits per heavy atom. The molecule has 2 amide bonds. The van der Waals surface area contributed by atoms with Crippen LogP contribution in [0.3, 0.4) is 0 Å². The summed E-state index contributed by atoms with van der Waals surface area (Å²) in [6.07, 6.45) is 4.01. The van der Waals surface area contributed by atoms with Crippen molar-refractivity contribution >= 4 is 6.03 Å². The van der Waals surface area contributed by atoms with Crippen LogP contribution >= 0.6 is 0 Å². The monoisotopic (exact) mass is 288 g/mol. The lowest BCUT2D eigenvalue weighted by molar-refractivity contribution is 0.126. The summed E-state index contributed by atoms with van der Waals surface area (Å²) in [7, 11) is 0. The van der Waals surface area contributed by atoms with E-state index in [1.54, 1.807) is 0 Å². The maximum atomic E-state index is 12.2. The van der Waals surface area contributed by atoms with E-state index in [2.05, 4.69) is 27.8 Å². The largest absolute Gasteiger partial charge is 0.323 e. The Bertz CT molecular complexity index is 470. The molecule has 0 unspecified atom stereocenters. The standard InChI is InChI=1S/C16H24N4O/c1-2-19-11-12-20(16(19)21)15-6-9-18(10-7-15)13-14-5-3-4-8-17-14/h3-5,8,15H,2,6-7,9-13H2,1H3. The molecule has 1 aromatic heterocycles. The lowest BCUT2D eigenvalue weighted by atomic mass is 10.0. The van der Waals surface area contributed by atoms with Gasteiger partial charge in [0.25, 0.3) is 0 Å². The van der Waals surface area contributed by atoms with Crippen LogP contribution < -0.4 is 0 Å². The van der Waals surface area contributed by atoms with Crippen LogP contribution in [-0.4, -0.2) is 64.5 Å². The molecule has 0 atom stereocenters. The van der Waals surface area contributed by atoms with Gasteiger partial charge in [-0.15, -0.1) is 0 Å². The number of carbonyl (C=O) groups excluding carboxylic acids is 1. The van der Waals surface area contributed by atoms with E-state index in [0.29, 0.717) is 6.04 Å². The number of urea groups is 1. The number of carbonyl (C=O) groups is 1. The molecule has 0 spiro atoms. The molecule has 0 bridgehead atoms. The normalized spacial score (nSPS) is 21.3. The molecule has 0 radical (unpaired) electrons. The van der Waals surface area contributed by atoms with Gasteiger partial charge in [0.15, 0.2) is 0 Å². The van der Waals surface area contributed by atoms with Gasteiger partial charge in [-0.1, -0.05) is 6.07 Å². The predicted octanol–water partition coefficient (Wildman–Crippen LogP) is 1.80. The molecule has 5 heteroatoms. The first kappa shape index (κ1) is 14.3. The Morgan fingerprint density at radius 1 is 1.19 bits per heavy atom. The number of likely N-dealkylation sites (N-methyl/N-ethyl adjacent to an activating group) is 1. The van der Waals surface area contributed by atoms with E-state index >= 15 is 0 Å². The maximum Gasteiger partial charge on any atom is 0.320 e. The van der Waals surface area contributed by atoms with E-state index in [0.717, 1.165) is 57.8 Å². The molecule has 114 valence electrons. The molecule has 2 aliphatic heterocycles. The summed E-state index contributed by atoms with van der Waals surface area (Å²) in [5, 5.41) is 0. The highest BCUT2D eigenvalue weighted by Crippen LogP contribution is 2.22.